The molecule has 1 aromatic rings. The number of aryl methyl sites for hydroxylation is 1. The summed E-state index contributed by atoms with van der Waals surface area (Å²) in [5.74, 6) is 0.926. The second kappa shape index (κ2) is 5.44. The van der Waals surface area contributed by atoms with Crippen LogP contribution in [0.1, 0.15) is 44.6 Å². The molecule has 0 saturated heterocycles. The summed E-state index contributed by atoms with van der Waals surface area (Å²) in [6.45, 7) is 3.51. The summed E-state index contributed by atoms with van der Waals surface area (Å²) >= 11 is 0. The lowest BCUT2D eigenvalue weighted by molar-refractivity contribution is 0.341. The van der Waals surface area contributed by atoms with Crippen molar-refractivity contribution in [2.45, 2.75) is 51.5 Å². The molecule has 0 radical (unpaired) electrons. The largest absolute Gasteiger partial charge is 0.385 e. The minimum absolute atomic E-state index is 0.734. The molecule has 0 spiro atoms. The predicted molar refractivity (Wildman–Crippen MR) is 83.1 cm³/mol. The number of benzene rings is 1. The van der Waals surface area contributed by atoms with Crippen molar-refractivity contribution in [3.63, 3.8) is 0 Å². The minimum Gasteiger partial charge on any atom is -0.385 e. The molecule has 1 aliphatic carbocycles. The lowest BCUT2D eigenvalue weighted by atomic mass is 9.86. The van der Waals surface area contributed by atoms with Crippen LogP contribution in [0.2, 0.25) is 0 Å². The Morgan fingerprint density at radius 3 is 2.74 bits per heavy atom. The van der Waals surface area contributed by atoms with Gasteiger partial charge in [0.2, 0.25) is 0 Å². The van der Waals surface area contributed by atoms with Crippen LogP contribution in [0.4, 0.5) is 11.4 Å². The summed E-state index contributed by atoms with van der Waals surface area (Å²) in [5.41, 5.74) is 4.23. The first kappa shape index (κ1) is 12.8. The molecule has 1 fully saturated rings. The molecule has 2 nitrogen and oxygen atoms in total. The average Bonchev–Trinajstić information content (AvgIpc) is 2.47. The zero-order chi connectivity index (χ0) is 13.2. The fraction of sp³-hybridized carbons (Fsp3) is 0.647. The van der Waals surface area contributed by atoms with Gasteiger partial charge in [-0.3, -0.25) is 0 Å². The van der Waals surface area contributed by atoms with Crippen LogP contribution in [-0.2, 0) is 6.42 Å². The third-order valence-corrected chi connectivity index (χ3v) is 4.97. The number of anilines is 2. The van der Waals surface area contributed by atoms with Gasteiger partial charge in [-0.15, -0.1) is 0 Å². The third kappa shape index (κ3) is 2.72. The first-order valence-electron chi connectivity index (χ1n) is 7.83. The highest BCUT2D eigenvalue weighted by atomic mass is 15.1. The Hall–Kier alpha value is -1.18. The number of hydrogen-bond acceptors (Lipinski definition) is 2. The van der Waals surface area contributed by atoms with E-state index in [-0.39, 0.29) is 0 Å². The Labute approximate surface area is 117 Å². The van der Waals surface area contributed by atoms with Gasteiger partial charge in [0.25, 0.3) is 0 Å². The van der Waals surface area contributed by atoms with E-state index in [9.17, 15) is 0 Å². The van der Waals surface area contributed by atoms with Gasteiger partial charge in [0.15, 0.2) is 0 Å². The molecule has 3 rings (SSSR count). The van der Waals surface area contributed by atoms with Gasteiger partial charge < -0.3 is 10.2 Å². The number of rotatable bonds is 2. The Morgan fingerprint density at radius 1 is 1.16 bits per heavy atom. The van der Waals surface area contributed by atoms with Crippen molar-refractivity contribution >= 4 is 11.4 Å². The molecular formula is C17H26N2. The standard InChI is InChI=1S/C17H26N2/c1-13-5-8-15(9-6-13)19(2)16-10-7-14-4-3-11-18-17(14)12-16/h7,10,12-13,15,18H,3-6,8-9,11H2,1-2H3. The maximum absolute atomic E-state index is 3.54. The van der Waals surface area contributed by atoms with E-state index in [0.717, 1.165) is 18.5 Å². The molecule has 1 heterocycles. The van der Waals surface area contributed by atoms with Crippen LogP contribution in [0.15, 0.2) is 18.2 Å². The summed E-state index contributed by atoms with van der Waals surface area (Å²) in [4.78, 5) is 2.50. The molecule has 104 valence electrons. The van der Waals surface area contributed by atoms with Gasteiger partial charge >= 0.3 is 0 Å². The van der Waals surface area contributed by atoms with Crippen molar-refractivity contribution in [3.8, 4) is 0 Å². The summed E-state index contributed by atoms with van der Waals surface area (Å²) in [7, 11) is 2.27. The van der Waals surface area contributed by atoms with Crippen LogP contribution in [0.25, 0.3) is 0 Å². The topological polar surface area (TPSA) is 15.3 Å². The number of nitrogens with zero attached hydrogens (tertiary/aromatic N) is 1. The van der Waals surface area contributed by atoms with Crippen molar-refractivity contribution in [1.29, 1.82) is 0 Å². The van der Waals surface area contributed by atoms with Crippen molar-refractivity contribution in [2.75, 3.05) is 23.8 Å². The molecular weight excluding hydrogens is 232 g/mol. The summed E-state index contributed by atoms with van der Waals surface area (Å²) in [6, 6.07) is 7.72. The van der Waals surface area contributed by atoms with E-state index < -0.39 is 0 Å². The maximum atomic E-state index is 3.54. The summed E-state index contributed by atoms with van der Waals surface area (Å²) < 4.78 is 0. The molecule has 1 N–H and O–H groups in total. The van der Waals surface area contributed by atoms with E-state index in [4.69, 9.17) is 0 Å². The van der Waals surface area contributed by atoms with Gasteiger partial charge in [0, 0.05) is 31.0 Å². The molecule has 1 aromatic carbocycles. The van der Waals surface area contributed by atoms with Crippen molar-refractivity contribution < 1.29 is 0 Å². The van der Waals surface area contributed by atoms with Crippen LogP contribution in [0.5, 0.6) is 0 Å². The molecule has 0 bridgehead atoms. The maximum Gasteiger partial charge on any atom is 0.0393 e. The van der Waals surface area contributed by atoms with Crippen LogP contribution >= 0.6 is 0 Å². The first-order chi connectivity index (χ1) is 9.24. The first-order valence-corrected chi connectivity index (χ1v) is 7.83. The lowest BCUT2D eigenvalue weighted by Gasteiger charge is -2.35. The van der Waals surface area contributed by atoms with E-state index in [1.165, 1.54) is 55.5 Å². The molecule has 2 aliphatic rings. The Bertz CT molecular complexity index is 433. The Morgan fingerprint density at radius 2 is 1.95 bits per heavy atom. The third-order valence-electron chi connectivity index (χ3n) is 4.97. The lowest BCUT2D eigenvalue weighted by Crippen LogP contribution is -2.34. The zero-order valence-corrected chi connectivity index (χ0v) is 12.3. The van der Waals surface area contributed by atoms with Crippen molar-refractivity contribution in [2.24, 2.45) is 5.92 Å². The van der Waals surface area contributed by atoms with Gasteiger partial charge in [-0.05, 0) is 62.1 Å². The van der Waals surface area contributed by atoms with Gasteiger partial charge in [-0.1, -0.05) is 13.0 Å². The minimum atomic E-state index is 0.734. The van der Waals surface area contributed by atoms with Crippen LogP contribution in [-0.4, -0.2) is 19.6 Å². The van der Waals surface area contributed by atoms with E-state index in [1.54, 1.807) is 0 Å². The van der Waals surface area contributed by atoms with E-state index in [2.05, 4.69) is 42.4 Å². The quantitative estimate of drug-likeness (QED) is 0.860. The zero-order valence-electron chi connectivity index (χ0n) is 12.3. The summed E-state index contributed by atoms with van der Waals surface area (Å²) in [6.07, 6.45) is 7.97. The molecule has 19 heavy (non-hydrogen) atoms. The van der Waals surface area contributed by atoms with Gasteiger partial charge in [0.1, 0.15) is 0 Å². The van der Waals surface area contributed by atoms with Gasteiger partial charge in [-0.2, -0.15) is 0 Å². The highest BCUT2D eigenvalue weighted by Crippen LogP contribution is 2.32. The number of fused-ring (bicyclic) bond motifs is 1. The smallest absolute Gasteiger partial charge is 0.0393 e. The SMILES string of the molecule is CC1CCC(N(C)c2ccc3c(c2)NCCC3)CC1. The second-order valence-electron chi connectivity index (χ2n) is 6.40. The van der Waals surface area contributed by atoms with Crippen LogP contribution in [0, 0.1) is 5.92 Å². The van der Waals surface area contributed by atoms with E-state index in [1.807, 2.05) is 0 Å². The highest BCUT2D eigenvalue weighted by Gasteiger charge is 2.22. The van der Waals surface area contributed by atoms with Crippen molar-refractivity contribution in [1.82, 2.24) is 0 Å². The molecule has 2 heteroatoms. The molecule has 0 unspecified atom stereocenters. The molecule has 1 saturated carbocycles. The van der Waals surface area contributed by atoms with Crippen molar-refractivity contribution in [3.05, 3.63) is 23.8 Å². The normalized spacial score (nSPS) is 26.4. The molecule has 1 aliphatic heterocycles. The fourth-order valence-electron chi connectivity index (χ4n) is 3.51. The monoisotopic (exact) mass is 258 g/mol. The molecule has 0 atom stereocenters. The Kier molecular flexibility index (Phi) is 3.67. The van der Waals surface area contributed by atoms with Gasteiger partial charge in [0.05, 0.1) is 0 Å². The average molecular weight is 258 g/mol. The second-order valence-corrected chi connectivity index (χ2v) is 6.40. The molecule has 0 amide bonds. The highest BCUT2D eigenvalue weighted by molar-refractivity contribution is 5.63. The van der Waals surface area contributed by atoms with Gasteiger partial charge in [-0.25, -0.2) is 0 Å². The summed E-state index contributed by atoms with van der Waals surface area (Å²) in [5, 5.41) is 3.54. The van der Waals surface area contributed by atoms with E-state index >= 15 is 0 Å². The predicted octanol–water partition coefficient (Wildman–Crippen LogP) is 4.06. The molecule has 0 aromatic heterocycles. The fourth-order valence-corrected chi connectivity index (χ4v) is 3.51. The number of hydrogen-bond donors (Lipinski definition) is 1. The Balaban J connectivity index is 1.74. The van der Waals surface area contributed by atoms with E-state index in [0.29, 0.717) is 0 Å². The number of nitrogens with one attached hydrogen (secondary N) is 1. The van der Waals surface area contributed by atoms with Crippen LogP contribution in [0.3, 0.4) is 0 Å². The van der Waals surface area contributed by atoms with Crippen LogP contribution < -0.4 is 10.2 Å².